The fourth-order valence-electron chi connectivity index (χ4n) is 4.52. The van der Waals surface area contributed by atoms with Gasteiger partial charge in [-0.2, -0.15) is 0 Å². The molecule has 1 aliphatic carbocycles. The quantitative estimate of drug-likeness (QED) is 0.738. The van der Waals surface area contributed by atoms with Crippen molar-refractivity contribution in [2.75, 3.05) is 4.72 Å². The lowest BCUT2D eigenvalue weighted by Crippen LogP contribution is -2.30. The topological polar surface area (TPSA) is 83.6 Å². The first-order valence-corrected chi connectivity index (χ1v) is 11.8. The molecule has 6 nitrogen and oxygen atoms in total. The van der Waals surface area contributed by atoms with E-state index >= 15 is 0 Å². The van der Waals surface area contributed by atoms with Gasteiger partial charge in [0, 0.05) is 5.69 Å². The molecule has 0 radical (unpaired) electrons. The minimum absolute atomic E-state index is 0.109. The molecule has 2 aromatic rings. The number of sulfonamides is 1. The summed E-state index contributed by atoms with van der Waals surface area (Å²) >= 11 is 0. The van der Waals surface area contributed by atoms with Gasteiger partial charge in [0.2, 0.25) is 11.8 Å². The molecule has 2 amide bonds. The minimum atomic E-state index is -3.80. The van der Waals surface area contributed by atoms with Gasteiger partial charge in [-0.3, -0.25) is 19.2 Å². The molecular formula is C23H26N2O4S. The Morgan fingerprint density at radius 3 is 2.27 bits per heavy atom. The Morgan fingerprint density at radius 1 is 0.967 bits per heavy atom. The normalized spacial score (nSPS) is 21.6. The Kier molecular flexibility index (Phi) is 5.40. The summed E-state index contributed by atoms with van der Waals surface area (Å²) in [4.78, 5) is 27.0. The van der Waals surface area contributed by atoms with Crippen LogP contribution in [-0.2, 0) is 26.2 Å². The van der Waals surface area contributed by atoms with Crippen LogP contribution >= 0.6 is 0 Å². The minimum Gasteiger partial charge on any atom is -0.280 e. The Hall–Kier alpha value is -2.67. The molecule has 7 heteroatoms. The Labute approximate surface area is 177 Å². The van der Waals surface area contributed by atoms with Gasteiger partial charge in [-0.15, -0.1) is 0 Å². The SMILES string of the molecule is Cc1cccc(NS(=O)(=O)c2cc(CN3C(=O)[C@@H]4CCCC[C@H]4C3=O)ccc2C)c1. The van der Waals surface area contributed by atoms with Crippen molar-refractivity contribution in [2.24, 2.45) is 11.8 Å². The number of amides is 2. The lowest BCUT2D eigenvalue weighted by atomic mass is 9.81. The smallest absolute Gasteiger partial charge is 0.262 e. The van der Waals surface area contributed by atoms with Gasteiger partial charge in [-0.25, -0.2) is 8.42 Å². The van der Waals surface area contributed by atoms with Crippen LogP contribution in [0.4, 0.5) is 5.69 Å². The highest BCUT2D eigenvalue weighted by molar-refractivity contribution is 7.92. The second-order valence-electron chi connectivity index (χ2n) is 8.33. The third kappa shape index (κ3) is 3.86. The summed E-state index contributed by atoms with van der Waals surface area (Å²) in [5.41, 5.74) is 2.68. The first-order chi connectivity index (χ1) is 14.3. The van der Waals surface area contributed by atoms with Crippen molar-refractivity contribution in [3.05, 3.63) is 59.2 Å². The molecule has 1 saturated heterocycles. The van der Waals surface area contributed by atoms with Crippen LogP contribution in [0.25, 0.3) is 0 Å². The van der Waals surface area contributed by atoms with E-state index in [2.05, 4.69) is 4.72 Å². The van der Waals surface area contributed by atoms with Crippen molar-refractivity contribution in [1.29, 1.82) is 0 Å². The number of nitrogens with one attached hydrogen (secondary N) is 1. The van der Waals surface area contributed by atoms with E-state index in [4.69, 9.17) is 0 Å². The number of carbonyl (C=O) groups excluding carboxylic acids is 2. The lowest BCUT2D eigenvalue weighted by molar-refractivity contribution is -0.140. The van der Waals surface area contributed by atoms with Crippen molar-refractivity contribution in [3.8, 4) is 0 Å². The van der Waals surface area contributed by atoms with Crippen LogP contribution in [0.15, 0.2) is 47.4 Å². The molecule has 0 unspecified atom stereocenters. The summed E-state index contributed by atoms with van der Waals surface area (Å²) in [5, 5.41) is 0. The largest absolute Gasteiger partial charge is 0.280 e. The van der Waals surface area contributed by atoms with Gasteiger partial charge in [-0.1, -0.05) is 37.1 Å². The summed E-state index contributed by atoms with van der Waals surface area (Å²) in [7, 11) is -3.80. The highest BCUT2D eigenvalue weighted by Gasteiger charge is 2.47. The number of likely N-dealkylation sites (tertiary alicyclic amines) is 1. The van der Waals surface area contributed by atoms with Crippen molar-refractivity contribution in [3.63, 3.8) is 0 Å². The van der Waals surface area contributed by atoms with E-state index in [1.54, 1.807) is 43.3 Å². The highest BCUT2D eigenvalue weighted by Crippen LogP contribution is 2.38. The summed E-state index contributed by atoms with van der Waals surface area (Å²) in [6.07, 6.45) is 3.48. The van der Waals surface area contributed by atoms with Crippen LogP contribution < -0.4 is 4.72 Å². The van der Waals surface area contributed by atoms with E-state index in [9.17, 15) is 18.0 Å². The monoisotopic (exact) mass is 426 g/mol. The van der Waals surface area contributed by atoms with E-state index in [1.165, 1.54) is 4.90 Å². The number of carbonyl (C=O) groups is 2. The number of fused-ring (bicyclic) bond motifs is 1. The summed E-state index contributed by atoms with van der Waals surface area (Å²) in [5.74, 6) is -0.647. The zero-order valence-electron chi connectivity index (χ0n) is 17.2. The van der Waals surface area contributed by atoms with Gasteiger partial charge in [0.25, 0.3) is 10.0 Å². The van der Waals surface area contributed by atoms with Crippen LogP contribution in [0.2, 0.25) is 0 Å². The number of aryl methyl sites for hydroxylation is 2. The van der Waals surface area contributed by atoms with Gasteiger partial charge >= 0.3 is 0 Å². The van der Waals surface area contributed by atoms with Crippen molar-refractivity contribution < 1.29 is 18.0 Å². The molecule has 158 valence electrons. The highest BCUT2D eigenvalue weighted by atomic mass is 32.2. The number of nitrogens with zero attached hydrogens (tertiary/aromatic N) is 1. The summed E-state index contributed by atoms with van der Waals surface area (Å²) in [6, 6.07) is 12.2. The number of imide groups is 1. The predicted octanol–water partition coefficient (Wildman–Crippen LogP) is 3.78. The van der Waals surface area contributed by atoms with Gasteiger partial charge in [0.15, 0.2) is 0 Å². The van der Waals surface area contributed by atoms with Crippen LogP contribution in [0.1, 0.15) is 42.4 Å². The van der Waals surface area contributed by atoms with Crippen molar-refractivity contribution >= 4 is 27.5 Å². The fraction of sp³-hybridized carbons (Fsp3) is 0.391. The van der Waals surface area contributed by atoms with E-state index in [0.717, 1.165) is 31.2 Å². The molecule has 30 heavy (non-hydrogen) atoms. The van der Waals surface area contributed by atoms with Crippen LogP contribution in [0.3, 0.4) is 0 Å². The fourth-order valence-corrected chi connectivity index (χ4v) is 5.87. The van der Waals surface area contributed by atoms with Gasteiger partial charge in [-0.05, 0) is 61.6 Å². The summed E-state index contributed by atoms with van der Waals surface area (Å²) in [6.45, 7) is 3.73. The Morgan fingerprint density at radius 2 is 1.63 bits per heavy atom. The number of hydrogen-bond acceptors (Lipinski definition) is 4. The molecule has 4 rings (SSSR count). The number of anilines is 1. The molecule has 1 heterocycles. The zero-order chi connectivity index (χ0) is 21.5. The third-order valence-corrected chi connectivity index (χ3v) is 7.61. The van der Waals surface area contributed by atoms with E-state index in [-0.39, 0.29) is 35.1 Å². The molecule has 2 atom stereocenters. The maximum atomic E-state index is 13.0. The number of hydrogen-bond donors (Lipinski definition) is 1. The Bertz CT molecular complexity index is 1090. The van der Waals surface area contributed by atoms with Gasteiger partial charge in [0.1, 0.15) is 0 Å². The second kappa shape index (κ2) is 7.87. The molecule has 0 spiro atoms. The third-order valence-electron chi connectivity index (χ3n) is 6.09. The molecule has 2 aromatic carbocycles. The summed E-state index contributed by atoms with van der Waals surface area (Å²) < 4.78 is 28.6. The predicted molar refractivity (Wildman–Crippen MR) is 114 cm³/mol. The maximum Gasteiger partial charge on any atom is 0.262 e. The van der Waals surface area contributed by atoms with Crippen LogP contribution in [-0.4, -0.2) is 25.1 Å². The van der Waals surface area contributed by atoms with Crippen molar-refractivity contribution in [1.82, 2.24) is 4.90 Å². The molecule has 2 aliphatic rings. The molecule has 0 aromatic heterocycles. The maximum absolute atomic E-state index is 13.0. The van der Waals surface area contributed by atoms with E-state index < -0.39 is 10.0 Å². The molecule has 0 bridgehead atoms. The van der Waals surface area contributed by atoms with Gasteiger partial charge < -0.3 is 0 Å². The zero-order valence-corrected chi connectivity index (χ0v) is 18.0. The standard InChI is InChI=1S/C23H26N2O4S/c1-15-6-5-7-18(12-15)24-30(28,29)21-13-17(11-10-16(21)2)14-25-22(26)19-8-3-4-9-20(19)23(25)27/h5-7,10-13,19-20,24H,3-4,8-9,14H2,1-2H3/t19-,20-/m1/s1. The lowest BCUT2D eigenvalue weighted by Gasteiger charge is -2.19. The molecule has 2 fully saturated rings. The first-order valence-electron chi connectivity index (χ1n) is 10.3. The average Bonchev–Trinajstić information content (AvgIpc) is 2.94. The van der Waals surface area contributed by atoms with E-state index in [0.29, 0.717) is 16.8 Å². The molecule has 1 N–H and O–H groups in total. The van der Waals surface area contributed by atoms with Crippen LogP contribution in [0.5, 0.6) is 0 Å². The second-order valence-corrected chi connectivity index (χ2v) is 9.99. The number of rotatable bonds is 5. The van der Waals surface area contributed by atoms with Crippen LogP contribution in [0, 0.1) is 25.7 Å². The average molecular weight is 427 g/mol. The molecular weight excluding hydrogens is 400 g/mol. The molecule has 1 aliphatic heterocycles. The van der Waals surface area contributed by atoms with Crippen molar-refractivity contribution in [2.45, 2.75) is 51.0 Å². The van der Waals surface area contributed by atoms with E-state index in [1.807, 2.05) is 13.0 Å². The Balaban J connectivity index is 1.59. The van der Waals surface area contributed by atoms with Gasteiger partial charge in [0.05, 0.1) is 23.3 Å². The number of benzene rings is 2. The first kappa shape index (κ1) is 20.6. The molecule has 1 saturated carbocycles.